The van der Waals surface area contributed by atoms with Gasteiger partial charge in [0.2, 0.25) is 0 Å². The topological polar surface area (TPSA) is 29.1 Å². The molecule has 0 saturated heterocycles. The van der Waals surface area contributed by atoms with Crippen molar-refractivity contribution < 1.29 is 18.0 Å². The highest BCUT2D eigenvalue weighted by atomic mass is 19.4. The number of rotatable bonds is 8. The normalized spacial score (nSPS) is 15.4. The van der Waals surface area contributed by atoms with Gasteiger partial charge in [-0.15, -0.1) is 0 Å². The third-order valence-electron chi connectivity index (χ3n) is 4.73. The van der Waals surface area contributed by atoms with Crippen molar-refractivity contribution in [3.63, 3.8) is 0 Å². The minimum absolute atomic E-state index is 0.128. The summed E-state index contributed by atoms with van der Waals surface area (Å²) in [7, 11) is 0. The van der Waals surface area contributed by atoms with E-state index in [1.54, 1.807) is 13.0 Å². The van der Waals surface area contributed by atoms with Gasteiger partial charge in [-0.25, -0.2) is 0 Å². The third-order valence-corrected chi connectivity index (χ3v) is 4.73. The first-order valence-corrected chi connectivity index (χ1v) is 8.83. The lowest BCUT2D eigenvalue weighted by molar-refractivity contribution is -0.138. The van der Waals surface area contributed by atoms with Crippen LogP contribution in [0.5, 0.6) is 0 Å². The van der Waals surface area contributed by atoms with E-state index in [-0.39, 0.29) is 29.8 Å². The smallest absolute Gasteiger partial charge is 0.312 e. The second-order valence-electron chi connectivity index (χ2n) is 6.62. The van der Waals surface area contributed by atoms with Crippen LogP contribution < -0.4 is 5.32 Å². The number of carbonyl (C=O) groups excluding carboxylic acids is 1. The molecule has 1 aromatic carbocycles. The molecule has 1 aliphatic rings. The van der Waals surface area contributed by atoms with E-state index < -0.39 is 11.7 Å². The minimum Gasteiger partial charge on any atom is -0.312 e. The van der Waals surface area contributed by atoms with Crippen molar-refractivity contribution >= 4 is 5.78 Å². The minimum atomic E-state index is -4.43. The van der Waals surface area contributed by atoms with Crippen LogP contribution in [0.2, 0.25) is 0 Å². The van der Waals surface area contributed by atoms with Crippen molar-refractivity contribution in [2.24, 2.45) is 5.92 Å². The van der Waals surface area contributed by atoms with E-state index >= 15 is 0 Å². The highest BCUT2D eigenvalue weighted by Gasteiger charge is 2.35. The number of Topliss-reactive ketones (excluding diaryl/α,β-unsaturated/α-hetero) is 1. The molecule has 1 saturated carbocycles. The molecular formula is C19H26F3NO. The quantitative estimate of drug-likeness (QED) is 0.663. The summed E-state index contributed by atoms with van der Waals surface area (Å²) < 4.78 is 40.3. The third kappa shape index (κ3) is 4.59. The maximum Gasteiger partial charge on any atom is 0.416 e. The molecule has 1 aliphatic carbocycles. The largest absolute Gasteiger partial charge is 0.416 e. The molecule has 0 amide bonds. The summed E-state index contributed by atoms with van der Waals surface area (Å²) in [6.07, 6.45) is 0.305. The number of halogens is 3. The van der Waals surface area contributed by atoms with Gasteiger partial charge in [-0.1, -0.05) is 20.3 Å². The molecule has 0 radical (unpaired) electrons. The fourth-order valence-electron chi connectivity index (χ4n) is 3.20. The number of ketones is 1. The van der Waals surface area contributed by atoms with Crippen LogP contribution in [-0.2, 0) is 19.1 Å². The van der Waals surface area contributed by atoms with Gasteiger partial charge in [-0.2, -0.15) is 13.2 Å². The van der Waals surface area contributed by atoms with Crippen molar-refractivity contribution in [3.05, 3.63) is 34.4 Å². The molecular weight excluding hydrogens is 315 g/mol. The van der Waals surface area contributed by atoms with E-state index in [1.165, 1.54) is 25.3 Å². The molecule has 2 rings (SSSR count). The zero-order chi connectivity index (χ0) is 17.7. The first-order valence-electron chi connectivity index (χ1n) is 8.83. The van der Waals surface area contributed by atoms with Gasteiger partial charge >= 0.3 is 6.18 Å². The van der Waals surface area contributed by atoms with Crippen LogP contribution in [0.4, 0.5) is 13.2 Å². The van der Waals surface area contributed by atoms with E-state index in [1.807, 2.05) is 6.92 Å². The van der Waals surface area contributed by atoms with Crippen molar-refractivity contribution in [3.8, 4) is 0 Å². The van der Waals surface area contributed by atoms with Gasteiger partial charge in [0.05, 0.1) is 5.56 Å². The summed E-state index contributed by atoms with van der Waals surface area (Å²) in [5.74, 6) is 0.448. The van der Waals surface area contributed by atoms with Crippen LogP contribution in [0.15, 0.2) is 12.1 Å². The standard InChI is InChI=1S/C19H26F3NO/c1-3-6-18(24)16-9-14(12-23-11-13-7-5-8-13)10-17(15(16)4-2)19(20,21)22/h9-10,13,23H,3-8,11-12H2,1-2H3. The number of alkyl halides is 3. The maximum absolute atomic E-state index is 13.4. The monoisotopic (exact) mass is 341 g/mol. The number of nitrogens with one attached hydrogen (secondary N) is 1. The predicted octanol–water partition coefficient (Wildman–Crippen LogP) is 5.14. The van der Waals surface area contributed by atoms with Crippen LogP contribution >= 0.6 is 0 Å². The van der Waals surface area contributed by atoms with Gasteiger partial charge in [0, 0.05) is 18.5 Å². The molecule has 1 aromatic rings. The molecule has 2 nitrogen and oxygen atoms in total. The molecule has 24 heavy (non-hydrogen) atoms. The van der Waals surface area contributed by atoms with E-state index in [4.69, 9.17) is 0 Å². The number of hydrogen-bond donors (Lipinski definition) is 1. The lowest BCUT2D eigenvalue weighted by atomic mass is 9.85. The van der Waals surface area contributed by atoms with Gasteiger partial charge in [-0.05, 0) is 61.4 Å². The Hall–Kier alpha value is -1.36. The Balaban J connectivity index is 2.28. The fraction of sp³-hybridized carbons (Fsp3) is 0.632. The zero-order valence-corrected chi connectivity index (χ0v) is 14.4. The molecule has 0 heterocycles. The Morgan fingerprint density at radius 1 is 1.25 bits per heavy atom. The predicted molar refractivity (Wildman–Crippen MR) is 89.1 cm³/mol. The highest BCUT2D eigenvalue weighted by molar-refractivity contribution is 5.98. The Bertz CT molecular complexity index is 577. The molecule has 134 valence electrons. The van der Waals surface area contributed by atoms with Gasteiger partial charge in [-0.3, -0.25) is 4.79 Å². The van der Waals surface area contributed by atoms with E-state index in [2.05, 4.69) is 5.32 Å². The number of hydrogen-bond acceptors (Lipinski definition) is 2. The zero-order valence-electron chi connectivity index (χ0n) is 14.4. The molecule has 0 aromatic heterocycles. The van der Waals surface area contributed by atoms with Crippen molar-refractivity contribution in [2.45, 2.75) is 65.1 Å². The summed E-state index contributed by atoms with van der Waals surface area (Å²) in [6, 6.07) is 2.86. The average Bonchev–Trinajstić information content (AvgIpc) is 2.48. The SMILES string of the molecule is CCCC(=O)c1cc(CNCC2CCC2)cc(C(F)(F)F)c1CC. The van der Waals surface area contributed by atoms with Crippen molar-refractivity contribution in [1.82, 2.24) is 5.32 Å². The summed E-state index contributed by atoms with van der Waals surface area (Å²) in [5, 5.41) is 3.24. The number of carbonyl (C=O) groups is 1. The van der Waals surface area contributed by atoms with Crippen LogP contribution in [0.3, 0.4) is 0 Å². The van der Waals surface area contributed by atoms with Gasteiger partial charge < -0.3 is 5.32 Å². The van der Waals surface area contributed by atoms with Crippen LogP contribution in [-0.4, -0.2) is 12.3 Å². The van der Waals surface area contributed by atoms with E-state index in [9.17, 15) is 18.0 Å². The first-order chi connectivity index (χ1) is 11.4. The Morgan fingerprint density at radius 2 is 1.96 bits per heavy atom. The van der Waals surface area contributed by atoms with Crippen LogP contribution in [0.25, 0.3) is 0 Å². The average molecular weight is 341 g/mol. The number of benzene rings is 1. The molecule has 0 unspecified atom stereocenters. The summed E-state index contributed by atoms with van der Waals surface area (Å²) in [6.45, 7) is 4.73. The van der Waals surface area contributed by atoms with Crippen molar-refractivity contribution in [1.29, 1.82) is 0 Å². The van der Waals surface area contributed by atoms with E-state index in [0.717, 1.165) is 6.54 Å². The summed E-state index contributed by atoms with van der Waals surface area (Å²) >= 11 is 0. The van der Waals surface area contributed by atoms with Gasteiger partial charge in [0.15, 0.2) is 5.78 Å². The van der Waals surface area contributed by atoms with Crippen molar-refractivity contribution in [2.75, 3.05) is 6.54 Å². The fourth-order valence-corrected chi connectivity index (χ4v) is 3.20. The molecule has 0 atom stereocenters. The van der Waals surface area contributed by atoms with Crippen LogP contribution in [0.1, 0.15) is 73.0 Å². The summed E-state index contributed by atoms with van der Waals surface area (Å²) in [4.78, 5) is 12.3. The molecule has 0 bridgehead atoms. The molecule has 1 fully saturated rings. The lowest BCUT2D eigenvalue weighted by Crippen LogP contribution is -2.27. The van der Waals surface area contributed by atoms with Gasteiger partial charge in [0.25, 0.3) is 0 Å². The summed E-state index contributed by atoms with van der Waals surface area (Å²) in [5.41, 5.74) is 0.254. The lowest BCUT2D eigenvalue weighted by Gasteiger charge is -2.25. The molecule has 0 aliphatic heterocycles. The Morgan fingerprint density at radius 3 is 2.46 bits per heavy atom. The maximum atomic E-state index is 13.4. The second kappa shape index (κ2) is 8.15. The Labute approximate surface area is 141 Å². The second-order valence-corrected chi connectivity index (χ2v) is 6.62. The molecule has 5 heteroatoms. The van der Waals surface area contributed by atoms with E-state index in [0.29, 0.717) is 24.4 Å². The first kappa shape index (κ1) is 19.0. The van der Waals surface area contributed by atoms with Gasteiger partial charge in [0.1, 0.15) is 0 Å². The highest BCUT2D eigenvalue weighted by Crippen LogP contribution is 2.35. The Kier molecular flexibility index (Phi) is 6.44. The molecule has 0 spiro atoms. The van der Waals surface area contributed by atoms with Crippen LogP contribution in [0, 0.1) is 5.92 Å². The molecule has 1 N–H and O–H groups in total.